The fourth-order valence-corrected chi connectivity index (χ4v) is 2.52. The van der Waals surface area contributed by atoms with Crippen LogP contribution >= 0.6 is 0 Å². The van der Waals surface area contributed by atoms with Gasteiger partial charge in [0.15, 0.2) is 0 Å². The normalized spacial score (nSPS) is 18.1. The molecule has 1 aromatic carbocycles. The van der Waals surface area contributed by atoms with Gasteiger partial charge in [-0.15, -0.1) is 0 Å². The lowest BCUT2D eigenvalue weighted by atomic mass is 9.99. The lowest BCUT2D eigenvalue weighted by molar-refractivity contribution is 0.136. The first kappa shape index (κ1) is 16.6. The van der Waals surface area contributed by atoms with Gasteiger partial charge in [0.2, 0.25) is 0 Å². The van der Waals surface area contributed by atoms with E-state index in [1.165, 1.54) is 0 Å². The van der Waals surface area contributed by atoms with Crippen molar-refractivity contribution < 1.29 is 19.4 Å². The van der Waals surface area contributed by atoms with Crippen LogP contribution in [-0.4, -0.2) is 56.1 Å². The van der Waals surface area contributed by atoms with Crippen molar-refractivity contribution >= 4 is 11.7 Å². The average Bonchev–Trinajstić information content (AvgIpc) is 2.56. The summed E-state index contributed by atoms with van der Waals surface area (Å²) < 4.78 is 10.6. The number of aliphatic hydroxyl groups excluding tert-OH is 1. The quantitative estimate of drug-likeness (QED) is 0.788. The summed E-state index contributed by atoms with van der Waals surface area (Å²) in [6, 6.07) is 7.19. The molecule has 1 atom stereocenters. The lowest BCUT2D eigenvalue weighted by Gasteiger charge is -2.32. The van der Waals surface area contributed by atoms with Crippen molar-refractivity contribution in [1.29, 1.82) is 0 Å². The minimum absolute atomic E-state index is 0.125. The van der Waals surface area contributed by atoms with Gasteiger partial charge in [-0.25, -0.2) is 4.79 Å². The number of carbonyl (C=O) groups is 1. The number of urea groups is 1. The molecule has 2 N–H and O–H groups in total. The van der Waals surface area contributed by atoms with Crippen molar-refractivity contribution in [3.8, 4) is 5.75 Å². The van der Waals surface area contributed by atoms with Crippen LogP contribution in [0.15, 0.2) is 24.3 Å². The summed E-state index contributed by atoms with van der Waals surface area (Å²) in [5, 5.41) is 12.1. The number of anilines is 1. The van der Waals surface area contributed by atoms with Gasteiger partial charge in [-0.2, -0.15) is 0 Å². The predicted molar refractivity (Wildman–Crippen MR) is 84.2 cm³/mol. The molecule has 0 bridgehead atoms. The third-order valence-corrected chi connectivity index (χ3v) is 3.74. The minimum atomic E-state index is -0.152. The first-order chi connectivity index (χ1) is 10.7. The molecule has 0 radical (unpaired) electrons. The number of piperidine rings is 1. The van der Waals surface area contributed by atoms with Crippen LogP contribution in [0.2, 0.25) is 0 Å². The maximum Gasteiger partial charge on any atom is 0.321 e. The zero-order valence-corrected chi connectivity index (χ0v) is 13.0. The molecule has 0 aromatic heterocycles. The highest BCUT2D eigenvalue weighted by Gasteiger charge is 2.23. The van der Waals surface area contributed by atoms with Gasteiger partial charge in [0.25, 0.3) is 0 Å². The molecular weight excluding hydrogens is 284 g/mol. The fraction of sp³-hybridized carbons (Fsp3) is 0.562. The van der Waals surface area contributed by atoms with Gasteiger partial charge in [-0.1, -0.05) is 12.1 Å². The number of aliphatic hydroxyl groups is 1. The Kier molecular flexibility index (Phi) is 6.48. The summed E-state index contributed by atoms with van der Waals surface area (Å²) >= 11 is 0. The summed E-state index contributed by atoms with van der Waals surface area (Å²) in [5.74, 6) is 0.802. The predicted octanol–water partition coefficient (Wildman–Crippen LogP) is 1.95. The highest BCUT2D eigenvalue weighted by Crippen LogP contribution is 2.25. The second-order valence-electron chi connectivity index (χ2n) is 5.40. The molecule has 2 amide bonds. The maximum atomic E-state index is 12.4. The van der Waals surface area contributed by atoms with Gasteiger partial charge in [0.05, 0.1) is 12.3 Å². The van der Waals surface area contributed by atoms with E-state index >= 15 is 0 Å². The minimum Gasteiger partial charge on any atom is -0.489 e. The lowest BCUT2D eigenvalue weighted by Crippen LogP contribution is -2.43. The number of hydrogen-bond donors (Lipinski definition) is 2. The van der Waals surface area contributed by atoms with Crippen LogP contribution in [-0.2, 0) is 4.74 Å². The van der Waals surface area contributed by atoms with Crippen LogP contribution in [0, 0.1) is 5.92 Å². The zero-order chi connectivity index (χ0) is 15.8. The topological polar surface area (TPSA) is 71.0 Å². The molecule has 1 unspecified atom stereocenters. The Morgan fingerprint density at radius 3 is 3.00 bits per heavy atom. The molecule has 0 spiro atoms. The number of methoxy groups -OCH3 is 1. The Bertz CT molecular complexity index is 481. The van der Waals surface area contributed by atoms with Crippen molar-refractivity contribution in [3.63, 3.8) is 0 Å². The number of carbonyl (C=O) groups excluding carboxylic acids is 1. The standard InChI is InChI=1S/C16H24N2O4/c1-21-9-10-22-15-7-3-2-6-14(15)17-16(20)18-8-4-5-13(11-18)12-19/h2-3,6-7,13,19H,4-5,8-12H2,1H3,(H,17,20). The Hall–Kier alpha value is -1.79. The molecule has 1 heterocycles. The van der Waals surface area contributed by atoms with Gasteiger partial charge >= 0.3 is 6.03 Å². The SMILES string of the molecule is COCCOc1ccccc1NC(=O)N1CCCC(CO)C1. The third kappa shape index (κ3) is 4.61. The number of likely N-dealkylation sites (tertiary alicyclic amines) is 1. The van der Waals surface area contributed by atoms with E-state index in [4.69, 9.17) is 9.47 Å². The summed E-state index contributed by atoms with van der Waals surface area (Å²) in [7, 11) is 1.62. The zero-order valence-electron chi connectivity index (χ0n) is 13.0. The van der Waals surface area contributed by atoms with Crippen molar-refractivity contribution in [2.24, 2.45) is 5.92 Å². The first-order valence-electron chi connectivity index (χ1n) is 7.62. The van der Waals surface area contributed by atoms with E-state index in [1.54, 1.807) is 12.0 Å². The molecule has 0 aliphatic carbocycles. The summed E-state index contributed by atoms with van der Waals surface area (Å²) in [6.45, 7) is 2.36. The molecule has 1 aliphatic heterocycles. The van der Waals surface area contributed by atoms with E-state index < -0.39 is 0 Å². The highest BCUT2D eigenvalue weighted by molar-refractivity contribution is 5.91. The van der Waals surface area contributed by atoms with Crippen LogP contribution in [0.5, 0.6) is 5.75 Å². The number of nitrogens with one attached hydrogen (secondary N) is 1. The van der Waals surface area contributed by atoms with Crippen LogP contribution in [0.25, 0.3) is 0 Å². The largest absolute Gasteiger partial charge is 0.489 e. The van der Waals surface area contributed by atoms with E-state index in [0.717, 1.165) is 19.4 Å². The van der Waals surface area contributed by atoms with Crippen LogP contribution in [0.4, 0.5) is 10.5 Å². The van der Waals surface area contributed by atoms with Gasteiger partial charge in [0, 0.05) is 26.8 Å². The molecule has 0 saturated carbocycles. The Morgan fingerprint density at radius 1 is 1.41 bits per heavy atom. The highest BCUT2D eigenvalue weighted by atomic mass is 16.5. The van der Waals surface area contributed by atoms with Crippen LogP contribution in [0.1, 0.15) is 12.8 Å². The number of nitrogens with zero attached hydrogens (tertiary/aromatic N) is 1. The number of hydrogen-bond acceptors (Lipinski definition) is 4. The number of ether oxygens (including phenoxy) is 2. The monoisotopic (exact) mass is 308 g/mol. The second-order valence-corrected chi connectivity index (χ2v) is 5.40. The third-order valence-electron chi connectivity index (χ3n) is 3.74. The molecule has 1 aromatic rings. The number of para-hydroxylation sites is 2. The van der Waals surface area contributed by atoms with Crippen LogP contribution in [0.3, 0.4) is 0 Å². The molecular formula is C16H24N2O4. The van der Waals surface area contributed by atoms with E-state index in [1.807, 2.05) is 24.3 Å². The van der Waals surface area contributed by atoms with Gasteiger partial charge < -0.3 is 24.8 Å². The van der Waals surface area contributed by atoms with Crippen molar-refractivity contribution in [2.75, 3.05) is 45.3 Å². The van der Waals surface area contributed by atoms with Crippen LogP contribution < -0.4 is 10.1 Å². The fourth-order valence-electron chi connectivity index (χ4n) is 2.52. The van der Waals surface area contributed by atoms with Crippen molar-refractivity contribution in [3.05, 3.63) is 24.3 Å². The second kappa shape index (κ2) is 8.60. The molecule has 6 nitrogen and oxygen atoms in total. The summed E-state index contributed by atoms with van der Waals surface area (Å²) in [6.07, 6.45) is 1.89. The number of amides is 2. The Balaban J connectivity index is 1.96. The van der Waals surface area contributed by atoms with Gasteiger partial charge in [-0.05, 0) is 30.9 Å². The Labute approximate surface area is 131 Å². The molecule has 2 rings (SSSR count). The molecule has 22 heavy (non-hydrogen) atoms. The smallest absolute Gasteiger partial charge is 0.321 e. The van der Waals surface area contributed by atoms with Crippen molar-refractivity contribution in [1.82, 2.24) is 4.90 Å². The van der Waals surface area contributed by atoms with E-state index in [-0.39, 0.29) is 18.6 Å². The molecule has 1 aliphatic rings. The van der Waals surface area contributed by atoms with E-state index in [9.17, 15) is 9.90 Å². The first-order valence-corrected chi connectivity index (χ1v) is 7.62. The average molecular weight is 308 g/mol. The summed E-state index contributed by atoms with van der Waals surface area (Å²) in [5.41, 5.74) is 0.648. The van der Waals surface area contributed by atoms with E-state index in [0.29, 0.717) is 31.2 Å². The maximum absolute atomic E-state index is 12.4. The van der Waals surface area contributed by atoms with E-state index in [2.05, 4.69) is 5.32 Å². The number of rotatable bonds is 6. The molecule has 1 fully saturated rings. The summed E-state index contributed by atoms with van der Waals surface area (Å²) in [4.78, 5) is 14.1. The van der Waals surface area contributed by atoms with Gasteiger partial charge in [-0.3, -0.25) is 0 Å². The number of benzene rings is 1. The molecule has 122 valence electrons. The molecule has 1 saturated heterocycles. The van der Waals surface area contributed by atoms with Crippen molar-refractivity contribution in [2.45, 2.75) is 12.8 Å². The van der Waals surface area contributed by atoms with Gasteiger partial charge in [0.1, 0.15) is 12.4 Å². The molecule has 6 heteroatoms. The Morgan fingerprint density at radius 2 is 2.23 bits per heavy atom.